The Morgan fingerprint density at radius 2 is 1.71 bits per heavy atom. The lowest BCUT2D eigenvalue weighted by molar-refractivity contribution is 0.0901. The molecule has 152 valence electrons. The number of sulfonamides is 1. The van der Waals surface area contributed by atoms with Crippen LogP contribution in [0.2, 0.25) is 0 Å². The molecule has 0 saturated carbocycles. The van der Waals surface area contributed by atoms with Gasteiger partial charge >= 0.3 is 0 Å². The van der Waals surface area contributed by atoms with Crippen LogP contribution in [0.25, 0.3) is 0 Å². The highest BCUT2D eigenvalue weighted by Crippen LogP contribution is 2.17. The predicted octanol–water partition coefficient (Wildman–Crippen LogP) is 2.28. The van der Waals surface area contributed by atoms with Crippen molar-refractivity contribution in [3.63, 3.8) is 0 Å². The van der Waals surface area contributed by atoms with E-state index in [0.717, 1.165) is 28.1 Å². The molecule has 6 nitrogen and oxygen atoms in total. The molecule has 0 spiro atoms. The molecule has 7 heteroatoms. The fraction of sp³-hybridized carbons (Fsp3) is 0.476. The number of Topliss-reactive ketones (excluding diaryl/α,β-unsaturated/α-hetero) is 1. The Hall–Kier alpha value is -1.96. The van der Waals surface area contributed by atoms with Crippen molar-refractivity contribution in [2.24, 2.45) is 7.05 Å². The second kappa shape index (κ2) is 8.19. The van der Waals surface area contributed by atoms with Crippen LogP contribution >= 0.6 is 0 Å². The van der Waals surface area contributed by atoms with E-state index >= 15 is 0 Å². The van der Waals surface area contributed by atoms with Crippen molar-refractivity contribution in [3.8, 4) is 0 Å². The van der Waals surface area contributed by atoms with Crippen molar-refractivity contribution in [1.82, 2.24) is 13.8 Å². The third kappa shape index (κ3) is 4.54. The Bertz CT molecular complexity index is 971. The topological polar surface area (TPSA) is 62.6 Å². The van der Waals surface area contributed by atoms with Gasteiger partial charge in [-0.05, 0) is 32.4 Å². The zero-order valence-electron chi connectivity index (χ0n) is 17.1. The lowest BCUT2D eigenvalue weighted by atomic mass is 10.1. The number of aryl methyl sites for hydroxylation is 2. The Morgan fingerprint density at radius 1 is 1.04 bits per heavy atom. The minimum absolute atomic E-state index is 0.0239. The summed E-state index contributed by atoms with van der Waals surface area (Å²) in [5.74, 6) is 0.119. The largest absolute Gasteiger partial charge is 0.351 e. The van der Waals surface area contributed by atoms with Crippen LogP contribution in [-0.2, 0) is 22.8 Å². The fourth-order valence-corrected chi connectivity index (χ4v) is 5.20. The highest BCUT2D eigenvalue weighted by molar-refractivity contribution is 7.88. The summed E-state index contributed by atoms with van der Waals surface area (Å²) in [6.45, 7) is 8.23. The highest BCUT2D eigenvalue weighted by Gasteiger charge is 2.28. The Labute approximate surface area is 167 Å². The molecule has 3 rings (SSSR count). The first-order chi connectivity index (χ1) is 13.2. The molecule has 0 bridgehead atoms. The van der Waals surface area contributed by atoms with Crippen molar-refractivity contribution < 1.29 is 13.2 Å². The summed E-state index contributed by atoms with van der Waals surface area (Å²) in [6, 6.07) is 9.54. The Balaban J connectivity index is 1.58. The lowest BCUT2D eigenvalue weighted by Crippen LogP contribution is -2.50. The van der Waals surface area contributed by atoms with E-state index in [4.69, 9.17) is 0 Å². The van der Waals surface area contributed by atoms with Crippen molar-refractivity contribution >= 4 is 15.8 Å². The number of hydrogen-bond donors (Lipinski definition) is 0. The lowest BCUT2D eigenvalue weighted by Gasteiger charge is -2.33. The molecule has 1 fully saturated rings. The van der Waals surface area contributed by atoms with E-state index in [9.17, 15) is 13.2 Å². The third-order valence-electron chi connectivity index (χ3n) is 5.60. The summed E-state index contributed by atoms with van der Waals surface area (Å²) in [4.78, 5) is 14.7. The van der Waals surface area contributed by atoms with Gasteiger partial charge in [0.15, 0.2) is 5.78 Å². The molecule has 0 amide bonds. The van der Waals surface area contributed by atoms with Gasteiger partial charge in [0.05, 0.1) is 12.3 Å². The number of carbonyl (C=O) groups is 1. The van der Waals surface area contributed by atoms with E-state index in [2.05, 4.69) is 0 Å². The summed E-state index contributed by atoms with van der Waals surface area (Å²) >= 11 is 0. The number of nitrogens with zero attached hydrogens (tertiary/aromatic N) is 3. The molecule has 1 saturated heterocycles. The molecule has 0 unspecified atom stereocenters. The van der Waals surface area contributed by atoms with Gasteiger partial charge in [-0.2, -0.15) is 4.31 Å². The normalized spacial score (nSPS) is 16.4. The molecule has 0 aliphatic carbocycles. The molecule has 2 heterocycles. The van der Waals surface area contributed by atoms with E-state index in [1.807, 2.05) is 67.6 Å². The number of aromatic nitrogens is 1. The molecule has 0 radical (unpaired) electrons. The number of hydrogen-bond acceptors (Lipinski definition) is 4. The van der Waals surface area contributed by atoms with Crippen LogP contribution in [0.3, 0.4) is 0 Å². The first-order valence-corrected chi connectivity index (χ1v) is 11.2. The summed E-state index contributed by atoms with van der Waals surface area (Å²) in [5.41, 5.74) is 4.67. The van der Waals surface area contributed by atoms with Crippen LogP contribution in [0.5, 0.6) is 0 Å². The molecular weight excluding hydrogens is 374 g/mol. The maximum atomic E-state index is 12.7. The first kappa shape index (κ1) is 20.8. The number of piperazine rings is 1. The van der Waals surface area contributed by atoms with Crippen molar-refractivity contribution in [3.05, 3.63) is 58.4 Å². The summed E-state index contributed by atoms with van der Waals surface area (Å²) < 4.78 is 29.0. The average molecular weight is 404 g/mol. The van der Waals surface area contributed by atoms with Gasteiger partial charge in [-0.3, -0.25) is 9.69 Å². The maximum absolute atomic E-state index is 12.7. The molecule has 1 aliphatic heterocycles. The van der Waals surface area contributed by atoms with Crippen molar-refractivity contribution in [2.45, 2.75) is 26.5 Å². The second-order valence-corrected chi connectivity index (χ2v) is 9.66. The van der Waals surface area contributed by atoms with Crippen LogP contribution in [0, 0.1) is 20.8 Å². The molecule has 1 aromatic heterocycles. The summed E-state index contributed by atoms with van der Waals surface area (Å²) in [7, 11) is -1.39. The van der Waals surface area contributed by atoms with Gasteiger partial charge in [-0.25, -0.2) is 8.42 Å². The van der Waals surface area contributed by atoms with Gasteiger partial charge in [0.1, 0.15) is 0 Å². The van der Waals surface area contributed by atoms with E-state index in [1.165, 1.54) is 0 Å². The monoisotopic (exact) mass is 403 g/mol. The van der Waals surface area contributed by atoms with E-state index in [1.54, 1.807) is 4.31 Å². The van der Waals surface area contributed by atoms with E-state index < -0.39 is 10.0 Å². The maximum Gasteiger partial charge on any atom is 0.218 e. The second-order valence-electron chi connectivity index (χ2n) is 7.69. The van der Waals surface area contributed by atoms with E-state index in [0.29, 0.717) is 32.7 Å². The van der Waals surface area contributed by atoms with Gasteiger partial charge in [0, 0.05) is 50.2 Å². The SMILES string of the molecule is Cc1cccc(CS(=O)(=O)N2CCN(CC(=O)c3cc(C)n(C)c3C)CC2)c1. The average Bonchev–Trinajstić information content (AvgIpc) is 2.89. The molecule has 1 aliphatic rings. The minimum Gasteiger partial charge on any atom is -0.351 e. The molecule has 2 aromatic rings. The molecule has 0 N–H and O–H groups in total. The van der Waals surface area contributed by atoms with Crippen molar-refractivity contribution in [1.29, 1.82) is 0 Å². The number of ketones is 1. The number of rotatable bonds is 6. The third-order valence-corrected chi connectivity index (χ3v) is 7.45. The van der Waals surface area contributed by atoms with Gasteiger partial charge in [0.25, 0.3) is 0 Å². The highest BCUT2D eigenvalue weighted by atomic mass is 32.2. The van der Waals surface area contributed by atoms with Crippen LogP contribution in [-0.4, -0.2) is 60.7 Å². The van der Waals surface area contributed by atoms with Gasteiger partial charge in [-0.1, -0.05) is 29.8 Å². The number of benzene rings is 1. The molecule has 0 atom stereocenters. The smallest absolute Gasteiger partial charge is 0.218 e. The Morgan fingerprint density at radius 3 is 2.29 bits per heavy atom. The van der Waals surface area contributed by atoms with Gasteiger partial charge in [-0.15, -0.1) is 0 Å². The first-order valence-electron chi connectivity index (χ1n) is 9.59. The van der Waals surface area contributed by atoms with Gasteiger partial charge in [0.2, 0.25) is 10.0 Å². The Kier molecular flexibility index (Phi) is 6.07. The van der Waals surface area contributed by atoms with E-state index in [-0.39, 0.29) is 11.5 Å². The summed E-state index contributed by atoms with van der Waals surface area (Å²) in [6.07, 6.45) is 0. The molecular formula is C21H29N3O3S. The number of carbonyl (C=O) groups excluding carboxylic acids is 1. The predicted molar refractivity (Wildman–Crippen MR) is 111 cm³/mol. The fourth-order valence-electron chi connectivity index (χ4n) is 3.70. The molecule has 1 aromatic carbocycles. The van der Waals surface area contributed by atoms with Crippen LogP contribution in [0.4, 0.5) is 0 Å². The van der Waals surface area contributed by atoms with Crippen LogP contribution in [0.15, 0.2) is 30.3 Å². The van der Waals surface area contributed by atoms with Crippen molar-refractivity contribution in [2.75, 3.05) is 32.7 Å². The molecule has 28 heavy (non-hydrogen) atoms. The zero-order chi connectivity index (χ0) is 20.5. The zero-order valence-corrected chi connectivity index (χ0v) is 17.9. The van der Waals surface area contributed by atoms with Crippen LogP contribution < -0.4 is 0 Å². The minimum atomic E-state index is -3.35. The van der Waals surface area contributed by atoms with Crippen LogP contribution in [0.1, 0.15) is 32.9 Å². The summed E-state index contributed by atoms with van der Waals surface area (Å²) in [5, 5.41) is 0. The quantitative estimate of drug-likeness (QED) is 0.694. The standard InChI is InChI=1S/C21H29N3O3S/c1-16-6-5-7-19(12-16)15-28(26,27)24-10-8-23(9-11-24)14-21(25)20-13-17(2)22(4)18(20)3/h5-7,12-13H,8-11,14-15H2,1-4H3. The van der Waals surface area contributed by atoms with Gasteiger partial charge < -0.3 is 4.57 Å².